The van der Waals surface area contributed by atoms with E-state index in [1.165, 1.54) is 30.5 Å². The van der Waals surface area contributed by atoms with Gasteiger partial charge in [0, 0.05) is 11.7 Å². The van der Waals surface area contributed by atoms with Crippen LogP contribution in [0.25, 0.3) is 0 Å². The van der Waals surface area contributed by atoms with Gasteiger partial charge in [0.1, 0.15) is 5.82 Å². The van der Waals surface area contributed by atoms with Crippen molar-refractivity contribution < 1.29 is 9.18 Å². The maximum atomic E-state index is 13.0. The van der Waals surface area contributed by atoms with E-state index in [9.17, 15) is 9.18 Å². The summed E-state index contributed by atoms with van der Waals surface area (Å²) in [6.07, 6.45) is 2.38. The second-order valence-electron chi connectivity index (χ2n) is 6.49. The highest BCUT2D eigenvalue weighted by molar-refractivity contribution is 5.89. The van der Waals surface area contributed by atoms with Crippen LogP contribution in [0.2, 0.25) is 0 Å². The zero-order valence-electron chi connectivity index (χ0n) is 14.4. The first-order chi connectivity index (χ1) is 12.1. The van der Waals surface area contributed by atoms with Gasteiger partial charge in [-0.2, -0.15) is 0 Å². The average Bonchev–Trinajstić information content (AvgIpc) is 3.12. The van der Waals surface area contributed by atoms with Crippen LogP contribution in [0.4, 0.5) is 14.9 Å². The highest BCUT2D eigenvalue weighted by atomic mass is 19.1. The second kappa shape index (κ2) is 8.12. The maximum absolute atomic E-state index is 13.0. The average molecular weight is 341 g/mol. The first-order valence-corrected chi connectivity index (χ1v) is 8.75. The molecule has 0 bridgehead atoms. The summed E-state index contributed by atoms with van der Waals surface area (Å²) in [5, 5.41) is 5.79. The van der Waals surface area contributed by atoms with Crippen LogP contribution in [-0.2, 0) is 0 Å². The molecule has 0 unspecified atom stereocenters. The number of nitrogens with one attached hydrogen (secondary N) is 2. The van der Waals surface area contributed by atoms with Gasteiger partial charge in [0.05, 0.1) is 6.04 Å². The number of amides is 2. The number of anilines is 1. The lowest BCUT2D eigenvalue weighted by Gasteiger charge is -2.33. The van der Waals surface area contributed by atoms with Crippen molar-refractivity contribution >= 4 is 11.7 Å². The van der Waals surface area contributed by atoms with E-state index in [1.807, 2.05) is 25.1 Å². The van der Waals surface area contributed by atoms with Crippen molar-refractivity contribution in [2.24, 2.45) is 0 Å². The monoisotopic (exact) mass is 341 g/mol. The number of hydrogen-bond donors (Lipinski definition) is 2. The molecule has 1 aliphatic heterocycles. The van der Waals surface area contributed by atoms with Crippen LogP contribution < -0.4 is 10.6 Å². The molecule has 0 aliphatic carbocycles. The number of rotatable bonds is 5. The van der Waals surface area contributed by atoms with Gasteiger partial charge in [0.15, 0.2) is 0 Å². The molecule has 2 amide bonds. The van der Waals surface area contributed by atoms with Gasteiger partial charge in [0.25, 0.3) is 0 Å². The molecule has 2 aromatic rings. The van der Waals surface area contributed by atoms with Gasteiger partial charge in [-0.3, -0.25) is 4.90 Å². The van der Waals surface area contributed by atoms with Crippen LogP contribution in [0, 0.1) is 5.82 Å². The van der Waals surface area contributed by atoms with Crippen molar-refractivity contribution in [3.8, 4) is 0 Å². The zero-order chi connectivity index (χ0) is 17.6. The van der Waals surface area contributed by atoms with Crippen molar-refractivity contribution in [3.63, 3.8) is 0 Å². The Hall–Kier alpha value is -2.40. The number of nitrogens with zero attached hydrogens (tertiary/aromatic N) is 1. The Bertz CT molecular complexity index is 684. The van der Waals surface area contributed by atoms with E-state index in [0.29, 0.717) is 5.69 Å². The molecular formula is C20H24FN3O. The third-order valence-electron chi connectivity index (χ3n) is 4.61. The smallest absolute Gasteiger partial charge is 0.319 e. The number of benzene rings is 2. The fraction of sp³-hybridized carbons (Fsp3) is 0.350. The van der Waals surface area contributed by atoms with E-state index in [4.69, 9.17) is 0 Å². The van der Waals surface area contributed by atoms with Crippen LogP contribution >= 0.6 is 0 Å². The van der Waals surface area contributed by atoms with Gasteiger partial charge < -0.3 is 10.6 Å². The zero-order valence-corrected chi connectivity index (χ0v) is 14.4. The van der Waals surface area contributed by atoms with Gasteiger partial charge in [-0.25, -0.2) is 9.18 Å². The highest BCUT2D eigenvalue weighted by Crippen LogP contribution is 2.28. The number of carbonyl (C=O) groups is 1. The molecule has 25 heavy (non-hydrogen) atoms. The maximum Gasteiger partial charge on any atom is 0.319 e. The molecule has 2 aromatic carbocycles. The predicted molar refractivity (Wildman–Crippen MR) is 98.0 cm³/mol. The number of hydrogen-bond acceptors (Lipinski definition) is 2. The van der Waals surface area contributed by atoms with E-state index < -0.39 is 0 Å². The summed E-state index contributed by atoms with van der Waals surface area (Å²) in [6, 6.07) is 15.9. The molecule has 3 rings (SSSR count). The van der Waals surface area contributed by atoms with Crippen molar-refractivity contribution in [1.29, 1.82) is 0 Å². The van der Waals surface area contributed by atoms with Crippen LogP contribution in [0.15, 0.2) is 54.6 Å². The predicted octanol–water partition coefficient (Wildman–Crippen LogP) is 4.17. The Balaban J connectivity index is 1.68. The standard InChI is InChI=1S/C20H24FN3O/c1-15(22-20(25)23-18-11-9-17(21)10-12-18)19(24-13-5-6-14-24)16-7-3-2-4-8-16/h2-4,7-12,15,19H,5-6,13-14H2,1H3,(H2,22,23,25)/t15-,19-/m0/s1. The van der Waals surface area contributed by atoms with Gasteiger partial charge in [-0.15, -0.1) is 0 Å². The van der Waals surface area contributed by atoms with Crippen molar-refractivity contribution in [2.75, 3.05) is 18.4 Å². The Morgan fingerprint density at radius 2 is 1.68 bits per heavy atom. The first-order valence-electron chi connectivity index (χ1n) is 8.75. The van der Waals surface area contributed by atoms with Crippen LogP contribution in [0.5, 0.6) is 0 Å². The molecule has 1 heterocycles. The van der Waals surface area contributed by atoms with E-state index >= 15 is 0 Å². The summed E-state index contributed by atoms with van der Waals surface area (Å²) in [5.74, 6) is -0.322. The molecule has 1 fully saturated rings. The Morgan fingerprint density at radius 3 is 2.32 bits per heavy atom. The molecule has 2 atom stereocenters. The Morgan fingerprint density at radius 1 is 1.04 bits per heavy atom. The minimum atomic E-state index is -0.322. The topological polar surface area (TPSA) is 44.4 Å². The third-order valence-corrected chi connectivity index (χ3v) is 4.61. The molecular weight excluding hydrogens is 317 g/mol. The second-order valence-corrected chi connectivity index (χ2v) is 6.49. The molecule has 0 radical (unpaired) electrons. The van der Waals surface area contributed by atoms with Gasteiger partial charge in [0.2, 0.25) is 0 Å². The fourth-order valence-electron chi connectivity index (χ4n) is 3.47. The highest BCUT2D eigenvalue weighted by Gasteiger charge is 2.29. The lowest BCUT2D eigenvalue weighted by molar-refractivity contribution is 0.197. The minimum Gasteiger partial charge on any atom is -0.333 e. The number of halogens is 1. The van der Waals surface area contributed by atoms with Crippen LogP contribution in [0.1, 0.15) is 31.4 Å². The third kappa shape index (κ3) is 4.57. The summed E-state index contributed by atoms with van der Waals surface area (Å²) in [4.78, 5) is 14.8. The molecule has 2 N–H and O–H groups in total. The number of likely N-dealkylation sites (tertiary alicyclic amines) is 1. The van der Waals surface area contributed by atoms with Gasteiger partial charge >= 0.3 is 6.03 Å². The molecule has 1 saturated heterocycles. The van der Waals surface area contributed by atoms with E-state index in [0.717, 1.165) is 13.1 Å². The normalized spacial score (nSPS) is 17.0. The summed E-state index contributed by atoms with van der Waals surface area (Å²) in [6.45, 7) is 4.12. The van der Waals surface area contributed by atoms with Crippen LogP contribution in [0.3, 0.4) is 0 Å². The van der Waals surface area contributed by atoms with E-state index in [2.05, 4.69) is 27.7 Å². The summed E-state index contributed by atoms with van der Waals surface area (Å²) < 4.78 is 13.0. The van der Waals surface area contributed by atoms with E-state index in [-0.39, 0.29) is 23.9 Å². The molecule has 4 nitrogen and oxygen atoms in total. The molecule has 0 aromatic heterocycles. The Kier molecular flexibility index (Phi) is 5.66. The lowest BCUT2D eigenvalue weighted by atomic mass is 9.99. The number of urea groups is 1. The molecule has 5 heteroatoms. The molecule has 132 valence electrons. The van der Waals surface area contributed by atoms with Gasteiger partial charge in [-0.05, 0) is 62.7 Å². The SMILES string of the molecule is C[C@H](NC(=O)Nc1ccc(F)cc1)[C@@H](c1ccccc1)N1CCCC1. The van der Waals surface area contributed by atoms with E-state index in [1.54, 1.807) is 12.1 Å². The quantitative estimate of drug-likeness (QED) is 0.857. The number of carbonyl (C=O) groups excluding carboxylic acids is 1. The summed E-state index contributed by atoms with van der Waals surface area (Å²) in [7, 11) is 0. The fourth-order valence-corrected chi connectivity index (χ4v) is 3.47. The Labute approximate surface area is 148 Å². The van der Waals surface area contributed by atoms with Crippen molar-refractivity contribution in [3.05, 3.63) is 66.0 Å². The molecule has 1 aliphatic rings. The molecule has 0 spiro atoms. The van der Waals surface area contributed by atoms with Gasteiger partial charge in [-0.1, -0.05) is 30.3 Å². The summed E-state index contributed by atoms with van der Waals surface area (Å²) >= 11 is 0. The lowest BCUT2D eigenvalue weighted by Crippen LogP contribution is -2.45. The molecule has 0 saturated carbocycles. The van der Waals surface area contributed by atoms with Crippen LogP contribution in [-0.4, -0.2) is 30.1 Å². The van der Waals surface area contributed by atoms with Crippen molar-refractivity contribution in [1.82, 2.24) is 10.2 Å². The summed E-state index contributed by atoms with van der Waals surface area (Å²) in [5.41, 5.74) is 1.78. The first kappa shape index (κ1) is 17.4. The largest absolute Gasteiger partial charge is 0.333 e. The van der Waals surface area contributed by atoms with Crippen molar-refractivity contribution in [2.45, 2.75) is 31.8 Å². The minimum absolute atomic E-state index is 0.0547.